The van der Waals surface area contributed by atoms with Crippen molar-refractivity contribution in [3.63, 3.8) is 0 Å². The van der Waals surface area contributed by atoms with Gasteiger partial charge in [-0.25, -0.2) is 4.79 Å². The normalized spacial score (nSPS) is 14.6. The fourth-order valence-corrected chi connectivity index (χ4v) is 3.35. The molecule has 2 aromatic heterocycles. The number of hydrogen-bond acceptors (Lipinski definition) is 4. The molecule has 1 aliphatic heterocycles. The van der Waals surface area contributed by atoms with Crippen LogP contribution < -0.4 is 0 Å². The second kappa shape index (κ2) is 6.13. The van der Waals surface area contributed by atoms with E-state index in [0.717, 1.165) is 21.5 Å². The van der Waals surface area contributed by atoms with Gasteiger partial charge in [0, 0.05) is 27.4 Å². The van der Waals surface area contributed by atoms with E-state index in [1.807, 2.05) is 49.4 Å². The number of rotatable bonds is 2. The third-order valence-electron chi connectivity index (χ3n) is 3.87. The molecule has 0 atom stereocenters. The molecule has 0 aliphatic carbocycles. The van der Waals surface area contributed by atoms with E-state index >= 15 is 0 Å². The number of hydrogen-bond donors (Lipinski definition) is 1. The largest absolute Gasteiger partial charge is 0.457 e. The van der Waals surface area contributed by atoms with Gasteiger partial charge in [0.25, 0.3) is 0 Å². The lowest BCUT2D eigenvalue weighted by molar-refractivity contribution is 0.0716. The molecule has 124 valence electrons. The van der Waals surface area contributed by atoms with Gasteiger partial charge in [0.2, 0.25) is 0 Å². The zero-order valence-electron chi connectivity index (χ0n) is 13.1. The third-order valence-corrected chi connectivity index (χ3v) is 4.70. The highest BCUT2D eigenvalue weighted by Crippen LogP contribution is 2.33. The quantitative estimate of drug-likeness (QED) is 0.429. The number of halogens is 1. The highest BCUT2D eigenvalue weighted by Gasteiger charge is 2.28. The van der Waals surface area contributed by atoms with Crippen LogP contribution in [0.15, 0.2) is 51.4 Å². The van der Waals surface area contributed by atoms with Crippen LogP contribution in [0.25, 0.3) is 23.2 Å². The lowest BCUT2D eigenvalue weighted by Crippen LogP contribution is -1.97. The van der Waals surface area contributed by atoms with E-state index in [4.69, 9.17) is 21.4 Å². The van der Waals surface area contributed by atoms with Crippen LogP contribution >= 0.6 is 28.1 Å². The van der Waals surface area contributed by atoms with Gasteiger partial charge in [-0.1, -0.05) is 40.3 Å². The van der Waals surface area contributed by atoms with E-state index in [9.17, 15) is 4.79 Å². The van der Waals surface area contributed by atoms with Crippen LogP contribution in [0, 0.1) is 11.6 Å². The van der Waals surface area contributed by atoms with Crippen molar-refractivity contribution >= 4 is 46.0 Å². The van der Waals surface area contributed by atoms with Crippen molar-refractivity contribution < 1.29 is 13.9 Å². The van der Waals surface area contributed by atoms with Gasteiger partial charge in [0.1, 0.15) is 27.5 Å². The standard InChI is InChI=1S/C19H12BrNO3S/c1-10-8-14-16(24-19(22)17(14)18(25)21-10)9-13-6-7-15(23-13)11-2-4-12(20)5-3-11/h2-9H,1H3,(H,21,25)/b16-9-. The van der Waals surface area contributed by atoms with E-state index in [-0.39, 0.29) is 0 Å². The van der Waals surface area contributed by atoms with Gasteiger partial charge in [-0.3, -0.25) is 0 Å². The summed E-state index contributed by atoms with van der Waals surface area (Å²) in [5, 5.41) is 0. The fraction of sp³-hybridized carbons (Fsp3) is 0.0526. The highest BCUT2D eigenvalue weighted by molar-refractivity contribution is 9.10. The molecular weight excluding hydrogens is 402 g/mol. The highest BCUT2D eigenvalue weighted by atomic mass is 79.9. The van der Waals surface area contributed by atoms with Gasteiger partial charge < -0.3 is 14.1 Å². The number of aromatic nitrogens is 1. The summed E-state index contributed by atoms with van der Waals surface area (Å²) in [6, 6.07) is 13.4. The summed E-state index contributed by atoms with van der Waals surface area (Å²) in [7, 11) is 0. The smallest absolute Gasteiger partial charge is 0.347 e. The number of nitrogens with one attached hydrogen (secondary N) is 1. The van der Waals surface area contributed by atoms with Gasteiger partial charge in [0.15, 0.2) is 0 Å². The minimum absolute atomic E-state index is 0.387. The minimum Gasteiger partial charge on any atom is -0.457 e. The molecule has 1 N–H and O–H groups in total. The number of aromatic amines is 1. The van der Waals surface area contributed by atoms with Crippen LogP contribution in [-0.4, -0.2) is 11.0 Å². The van der Waals surface area contributed by atoms with Crippen molar-refractivity contribution in [2.24, 2.45) is 0 Å². The average Bonchev–Trinajstić information content (AvgIpc) is 3.14. The summed E-state index contributed by atoms with van der Waals surface area (Å²) in [5.74, 6) is 1.34. The van der Waals surface area contributed by atoms with Gasteiger partial charge in [-0.2, -0.15) is 0 Å². The van der Waals surface area contributed by atoms with E-state index in [1.165, 1.54) is 0 Å². The van der Waals surface area contributed by atoms with Crippen molar-refractivity contribution in [2.75, 3.05) is 0 Å². The first-order valence-electron chi connectivity index (χ1n) is 7.55. The molecule has 3 heterocycles. The number of cyclic esters (lactones) is 1. The molecule has 1 aliphatic rings. The topological polar surface area (TPSA) is 55.2 Å². The SMILES string of the molecule is Cc1cc2c(c(=S)[nH]1)C(=O)O/C2=C\c1ccc(-c2ccc(Br)cc2)o1. The molecule has 0 fully saturated rings. The lowest BCUT2D eigenvalue weighted by Gasteiger charge is -2.00. The lowest BCUT2D eigenvalue weighted by atomic mass is 10.1. The molecule has 4 nitrogen and oxygen atoms in total. The second-order valence-corrected chi connectivity index (χ2v) is 7.00. The molecule has 0 saturated carbocycles. The molecule has 4 rings (SSSR count). The van der Waals surface area contributed by atoms with Crippen LogP contribution in [0.5, 0.6) is 0 Å². The molecule has 0 bridgehead atoms. The molecule has 0 amide bonds. The molecular formula is C19H12BrNO3S. The summed E-state index contributed by atoms with van der Waals surface area (Å²) in [6.07, 6.45) is 1.71. The molecule has 0 saturated heterocycles. The Kier molecular flexibility index (Phi) is 3.94. The van der Waals surface area contributed by atoms with Crippen molar-refractivity contribution in [3.8, 4) is 11.3 Å². The van der Waals surface area contributed by atoms with Crippen LogP contribution in [0.2, 0.25) is 0 Å². The molecule has 0 radical (unpaired) electrons. The molecule has 3 aromatic rings. The van der Waals surface area contributed by atoms with Crippen molar-refractivity contribution in [1.29, 1.82) is 0 Å². The number of pyridine rings is 1. The molecule has 0 spiro atoms. The number of ether oxygens (including phenoxy) is 1. The van der Waals surface area contributed by atoms with Crippen molar-refractivity contribution in [3.05, 3.63) is 74.2 Å². The average molecular weight is 414 g/mol. The summed E-state index contributed by atoms with van der Waals surface area (Å²) < 4.78 is 12.6. The first-order chi connectivity index (χ1) is 12.0. The Balaban J connectivity index is 1.73. The summed E-state index contributed by atoms with van der Waals surface area (Å²) in [5.41, 5.74) is 2.91. The number of esters is 1. The zero-order chi connectivity index (χ0) is 17.6. The number of carbonyl (C=O) groups excluding carboxylic acids is 1. The summed E-state index contributed by atoms with van der Waals surface area (Å²) >= 11 is 8.64. The Morgan fingerprint density at radius 1 is 1.16 bits per heavy atom. The maximum atomic E-state index is 12.1. The Bertz CT molecular complexity index is 1080. The molecule has 6 heteroatoms. The van der Waals surface area contributed by atoms with Gasteiger partial charge in [-0.05, 0) is 37.3 Å². The first-order valence-corrected chi connectivity index (χ1v) is 8.75. The number of furan rings is 1. The predicted molar refractivity (Wildman–Crippen MR) is 101 cm³/mol. The minimum atomic E-state index is -0.442. The van der Waals surface area contributed by atoms with Crippen LogP contribution in [0.4, 0.5) is 0 Å². The Hall–Kier alpha value is -2.44. The first kappa shape index (κ1) is 16.1. The number of aryl methyl sites for hydroxylation is 1. The Morgan fingerprint density at radius 2 is 1.92 bits per heavy atom. The van der Waals surface area contributed by atoms with Crippen LogP contribution in [0.3, 0.4) is 0 Å². The van der Waals surface area contributed by atoms with Crippen LogP contribution in [-0.2, 0) is 4.74 Å². The Morgan fingerprint density at radius 3 is 2.68 bits per heavy atom. The molecule has 25 heavy (non-hydrogen) atoms. The van der Waals surface area contributed by atoms with Crippen LogP contribution in [0.1, 0.15) is 27.4 Å². The zero-order valence-corrected chi connectivity index (χ0v) is 15.5. The summed E-state index contributed by atoms with van der Waals surface area (Å²) in [6.45, 7) is 1.88. The fourth-order valence-electron chi connectivity index (χ4n) is 2.73. The maximum Gasteiger partial charge on any atom is 0.347 e. The predicted octanol–water partition coefficient (Wildman–Crippen LogP) is 5.74. The Labute approximate surface area is 157 Å². The monoisotopic (exact) mass is 413 g/mol. The van der Waals surface area contributed by atoms with E-state index in [0.29, 0.717) is 27.3 Å². The number of fused-ring (bicyclic) bond motifs is 1. The third kappa shape index (κ3) is 2.99. The number of H-pyrrole nitrogens is 1. The van der Waals surface area contributed by atoms with Gasteiger partial charge >= 0.3 is 5.97 Å². The van der Waals surface area contributed by atoms with E-state index < -0.39 is 5.97 Å². The molecule has 0 unspecified atom stereocenters. The van der Waals surface area contributed by atoms with Gasteiger partial charge in [-0.15, -0.1) is 0 Å². The number of benzene rings is 1. The van der Waals surface area contributed by atoms with Gasteiger partial charge in [0.05, 0.1) is 0 Å². The molecule has 1 aromatic carbocycles. The maximum absolute atomic E-state index is 12.1. The van der Waals surface area contributed by atoms with Crippen molar-refractivity contribution in [1.82, 2.24) is 4.98 Å². The van der Waals surface area contributed by atoms with E-state index in [1.54, 1.807) is 6.08 Å². The van der Waals surface area contributed by atoms with Crippen molar-refractivity contribution in [2.45, 2.75) is 6.92 Å². The van der Waals surface area contributed by atoms with E-state index in [2.05, 4.69) is 20.9 Å². The second-order valence-electron chi connectivity index (χ2n) is 5.68. The number of carbonyl (C=O) groups is 1. The summed E-state index contributed by atoms with van der Waals surface area (Å²) in [4.78, 5) is 15.0.